The van der Waals surface area contributed by atoms with Gasteiger partial charge in [-0.2, -0.15) is 5.10 Å². The highest BCUT2D eigenvalue weighted by molar-refractivity contribution is 7.91. The Morgan fingerprint density at radius 1 is 1.47 bits per heavy atom. The van der Waals surface area contributed by atoms with E-state index >= 15 is 0 Å². The van der Waals surface area contributed by atoms with Crippen molar-refractivity contribution in [2.75, 3.05) is 0 Å². The lowest BCUT2D eigenvalue weighted by Crippen LogP contribution is -2.22. The predicted octanol–water partition coefficient (Wildman–Crippen LogP) is 0.761. The van der Waals surface area contributed by atoms with Crippen molar-refractivity contribution in [1.82, 2.24) is 14.5 Å². The molecule has 0 unspecified atom stereocenters. The molecule has 0 aliphatic heterocycles. The second-order valence-corrected chi connectivity index (χ2v) is 7.28. The standard InChI is InChI=1S/C11H15N3O3S2/c1-8-9(6-14(2)13-8)5-12-19(16,17)11-4-3-10(7-15)18-11/h3-4,6,12,15H,5,7H2,1-2H3. The van der Waals surface area contributed by atoms with Gasteiger partial charge in [0.15, 0.2) is 0 Å². The van der Waals surface area contributed by atoms with Crippen LogP contribution in [0.3, 0.4) is 0 Å². The maximum absolute atomic E-state index is 12.0. The number of aromatic nitrogens is 2. The Labute approximate surface area is 115 Å². The fourth-order valence-electron chi connectivity index (χ4n) is 1.65. The second kappa shape index (κ2) is 5.41. The molecular formula is C11H15N3O3S2. The van der Waals surface area contributed by atoms with Crippen molar-refractivity contribution in [2.45, 2.75) is 24.3 Å². The molecule has 2 aromatic heterocycles. The van der Waals surface area contributed by atoms with Crippen LogP contribution in [0.15, 0.2) is 22.5 Å². The van der Waals surface area contributed by atoms with Gasteiger partial charge in [0.05, 0.1) is 12.3 Å². The fraction of sp³-hybridized carbons (Fsp3) is 0.364. The second-order valence-electron chi connectivity index (χ2n) is 4.12. The molecule has 0 amide bonds. The van der Waals surface area contributed by atoms with Crippen LogP contribution in [0.2, 0.25) is 0 Å². The van der Waals surface area contributed by atoms with Crippen LogP contribution in [0.1, 0.15) is 16.1 Å². The summed E-state index contributed by atoms with van der Waals surface area (Å²) in [6, 6.07) is 3.10. The van der Waals surface area contributed by atoms with Gasteiger partial charge in [0.2, 0.25) is 10.0 Å². The number of hydrogen-bond donors (Lipinski definition) is 2. The smallest absolute Gasteiger partial charge is 0.250 e. The van der Waals surface area contributed by atoms with Crippen LogP contribution in [-0.2, 0) is 30.2 Å². The van der Waals surface area contributed by atoms with Crippen LogP contribution in [0.4, 0.5) is 0 Å². The quantitative estimate of drug-likeness (QED) is 0.854. The molecule has 0 bridgehead atoms. The van der Waals surface area contributed by atoms with Crippen LogP contribution in [-0.4, -0.2) is 23.3 Å². The number of nitrogens with zero attached hydrogens (tertiary/aromatic N) is 2. The van der Waals surface area contributed by atoms with Gasteiger partial charge < -0.3 is 5.11 Å². The first-order valence-electron chi connectivity index (χ1n) is 5.61. The van der Waals surface area contributed by atoms with Crippen molar-refractivity contribution in [1.29, 1.82) is 0 Å². The van der Waals surface area contributed by atoms with Crippen LogP contribution in [0, 0.1) is 6.92 Å². The molecule has 2 rings (SSSR count). The van der Waals surface area contributed by atoms with E-state index in [9.17, 15) is 8.42 Å². The van der Waals surface area contributed by atoms with Gasteiger partial charge in [-0.05, 0) is 19.1 Å². The third kappa shape index (κ3) is 3.21. The van der Waals surface area contributed by atoms with E-state index in [-0.39, 0.29) is 17.4 Å². The number of aliphatic hydroxyl groups excluding tert-OH is 1. The summed E-state index contributed by atoms with van der Waals surface area (Å²) in [5.74, 6) is 0. The minimum absolute atomic E-state index is 0.151. The van der Waals surface area contributed by atoms with E-state index in [1.807, 2.05) is 6.92 Å². The summed E-state index contributed by atoms with van der Waals surface area (Å²) in [6.07, 6.45) is 1.78. The van der Waals surface area contributed by atoms with Crippen LogP contribution in [0.25, 0.3) is 0 Å². The maximum Gasteiger partial charge on any atom is 0.250 e. The zero-order chi connectivity index (χ0) is 14.0. The average molecular weight is 301 g/mol. The lowest BCUT2D eigenvalue weighted by Gasteiger charge is -2.03. The van der Waals surface area contributed by atoms with Crippen molar-refractivity contribution < 1.29 is 13.5 Å². The molecular weight excluding hydrogens is 286 g/mol. The number of rotatable bonds is 5. The number of hydrogen-bond acceptors (Lipinski definition) is 5. The summed E-state index contributed by atoms with van der Waals surface area (Å²) in [4.78, 5) is 0.623. The van der Waals surface area contributed by atoms with Crippen molar-refractivity contribution in [3.05, 3.63) is 34.5 Å². The third-order valence-electron chi connectivity index (χ3n) is 2.63. The molecule has 0 atom stereocenters. The van der Waals surface area contributed by atoms with Gasteiger partial charge in [-0.1, -0.05) is 0 Å². The molecule has 104 valence electrons. The number of aliphatic hydroxyl groups is 1. The van der Waals surface area contributed by atoms with Crippen molar-refractivity contribution >= 4 is 21.4 Å². The van der Waals surface area contributed by atoms with Gasteiger partial charge >= 0.3 is 0 Å². The topological polar surface area (TPSA) is 84.2 Å². The Kier molecular flexibility index (Phi) is 4.04. The van der Waals surface area contributed by atoms with Gasteiger partial charge in [-0.3, -0.25) is 4.68 Å². The average Bonchev–Trinajstić information content (AvgIpc) is 2.94. The zero-order valence-electron chi connectivity index (χ0n) is 10.6. The Balaban J connectivity index is 2.11. The van der Waals surface area contributed by atoms with Gasteiger partial charge in [0, 0.05) is 30.2 Å². The minimum Gasteiger partial charge on any atom is -0.391 e. The molecule has 0 saturated heterocycles. The van der Waals surface area contributed by atoms with Gasteiger partial charge in [-0.25, -0.2) is 13.1 Å². The number of sulfonamides is 1. The first-order chi connectivity index (χ1) is 8.92. The molecule has 2 N–H and O–H groups in total. The molecule has 0 saturated carbocycles. The molecule has 0 spiro atoms. The molecule has 0 aromatic carbocycles. The monoisotopic (exact) mass is 301 g/mol. The molecule has 0 aliphatic carbocycles. The number of thiophene rings is 1. The summed E-state index contributed by atoms with van der Waals surface area (Å²) < 4.78 is 28.5. The van der Waals surface area contributed by atoms with E-state index in [2.05, 4.69) is 9.82 Å². The highest BCUT2D eigenvalue weighted by Crippen LogP contribution is 2.21. The molecule has 0 aliphatic rings. The molecule has 6 nitrogen and oxygen atoms in total. The number of nitrogens with one attached hydrogen (secondary N) is 1. The summed E-state index contributed by atoms with van der Waals surface area (Å²) in [7, 11) is -1.75. The molecule has 2 heterocycles. The lowest BCUT2D eigenvalue weighted by molar-refractivity contribution is 0.285. The Morgan fingerprint density at radius 3 is 2.74 bits per heavy atom. The fourth-order valence-corrected chi connectivity index (χ4v) is 3.92. The number of aryl methyl sites for hydroxylation is 2. The lowest BCUT2D eigenvalue weighted by atomic mass is 10.3. The maximum atomic E-state index is 12.0. The van der Waals surface area contributed by atoms with Crippen molar-refractivity contribution in [3.63, 3.8) is 0 Å². The summed E-state index contributed by atoms with van der Waals surface area (Å²) in [5, 5.41) is 13.1. The summed E-state index contributed by atoms with van der Waals surface area (Å²) in [6.45, 7) is 1.88. The molecule has 8 heteroatoms. The summed E-state index contributed by atoms with van der Waals surface area (Å²) >= 11 is 1.06. The van der Waals surface area contributed by atoms with E-state index < -0.39 is 10.0 Å². The van der Waals surface area contributed by atoms with E-state index in [1.54, 1.807) is 24.0 Å². The highest BCUT2D eigenvalue weighted by Gasteiger charge is 2.17. The SMILES string of the molecule is Cc1nn(C)cc1CNS(=O)(=O)c1ccc(CO)s1. The first kappa shape index (κ1) is 14.2. The third-order valence-corrected chi connectivity index (χ3v) is 5.59. The zero-order valence-corrected chi connectivity index (χ0v) is 12.3. The van der Waals surface area contributed by atoms with Gasteiger partial charge in [0.25, 0.3) is 0 Å². The van der Waals surface area contributed by atoms with Gasteiger partial charge in [0.1, 0.15) is 4.21 Å². The first-order valence-corrected chi connectivity index (χ1v) is 7.90. The highest BCUT2D eigenvalue weighted by atomic mass is 32.2. The van der Waals surface area contributed by atoms with E-state index in [1.165, 1.54) is 6.07 Å². The minimum atomic E-state index is -3.53. The molecule has 0 radical (unpaired) electrons. The Bertz CT molecular complexity index is 673. The predicted molar refractivity (Wildman–Crippen MR) is 72.2 cm³/mol. The van der Waals surface area contributed by atoms with Crippen LogP contribution >= 0.6 is 11.3 Å². The van der Waals surface area contributed by atoms with E-state index in [0.29, 0.717) is 4.88 Å². The molecule has 2 aromatic rings. The Morgan fingerprint density at radius 2 is 2.21 bits per heavy atom. The summed E-state index contributed by atoms with van der Waals surface area (Å²) in [5.41, 5.74) is 1.64. The molecule has 19 heavy (non-hydrogen) atoms. The van der Waals surface area contributed by atoms with Crippen molar-refractivity contribution in [3.8, 4) is 0 Å². The van der Waals surface area contributed by atoms with Crippen LogP contribution in [0.5, 0.6) is 0 Å². The van der Waals surface area contributed by atoms with E-state index in [4.69, 9.17) is 5.11 Å². The van der Waals surface area contributed by atoms with Crippen LogP contribution < -0.4 is 4.72 Å². The molecule has 0 fully saturated rings. The normalized spacial score (nSPS) is 11.9. The van der Waals surface area contributed by atoms with Gasteiger partial charge in [-0.15, -0.1) is 11.3 Å². The largest absolute Gasteiger partial charge is 0.391 e. The van der Waals surface area contributed by atoms with Crippen molar-refractivity contribution in [2.24, 2.45) is 7.05 Å². The van der Waals surface area contributed by atoms with E-state index in [0.717, 1.165) is 22.6 Å². The Hall–Kier alpha value is -1.22.